The van der Waals surface area contributed by atoms with E-state index in [0.29, 0.717) is 0 Å². The molecule has 0 saturated carbocycles. The second-order valence-corrected chi connectivity index (χ2v) is 9.80. The van der Waals surface area contributed by atoms with Gasteiger partial charge >= 0.3 is 0 Å². The predicted octanol–water partition coefficient (Wildman–Crippen LogP) is 3.78. The maximum Gasteiger partial charge on any atom is 0.257 e. The van der Waals surface area contributed by atoms with E-state index >= 15 is 0 Å². The average Bonchev–Trinajstić information content (AvgIpc) is 2.73. The average molecular weight is 419 g/mol. The van der Waals surface area contributed by atoms with E-state index in [1.807, 2.05) is 0 Å². The van der Waals surface area contributed by atoms with Crippen molar-refractivity contribution in [2.45, 2.75) is 15.8 Å². The lowest BCUT2D eigenvalue weighted by molar-refractivity contribution is 0.339. The van der Waals surface area contributed by atoms with E-state index in [1.165, 1.54) is 60.7 Å². The molecule has 146 valence electrons. The molecule has 0 bridgehead atoms. The molecule has 0 N–H and O–H groups in total. The molecular formula is C20H18FNO4S2. The van der Waals surface area contributed by atoms with E-state index in [9.17, 15) is 21.2 Å². The lowest BCUT2D eigenvalue weighted by Gasteiger charge is -2.28. The number of rotatable bonds is 7. The molecule has 3 aromatic rings. The summed E-state index contributed by atoms with van der Waals surface area (Å²) in [4.78, 5) is -0.465. The monoisotopic (exact) mass is 419 g/mol. The molecule has 0 aromatic heterocycles. The summed E-state index contributed by atoms with van der Waals surface area (Å²) in [7, 11) is -9.12. The Hall–Kier alpha value is -2.55. The van der Waals surface area contributed by atoms with Gasteiger partial charge in [-0.3, -0.25) is 0 Å². The molecular weight excluding hydrogens is 401 g/mol. The zero-order valence-corrected chi connectivity index (χ0v) is 16.4. The van der Waals surface area contributed by atoms with Gasteiger partial charge in [0.1, 0.15) is 6.67 Å². The molecule has 0 amide bonds. The van der Waals surface area contributed by atoms with Crippen molar-refractivity contribution in [3.63, 3.8) is 0 Å². The number of nitrogens with zero attached hydrogens (tertiary/aromatic N) is 1. The molecule has 28 heavy (non-hydrogen) atoms. The minimum absolute atomic E-state index is 0.233. The van der Waals surface area contributed by atoms with Gasteiger partial charge in [0.25, 0.3) is 20.0 Å². The molecule has 3 aromatic carbocycles. The molecule has 0 aliphatic heterocycles. The normalized spacial score (nSPS) is 13.4. The van der Waals surface area contributed by atoms with Crippen LogP contribution in [0.5, 0.6) is 0 Å². The number of hydrogen-bond acceptors (Lipinski definition) is 4. The summed E-state index contributed by atoms with van der Waals surface area (Å²) < 4.78 is 67.6. The highest BCUT2D eigenvalue weighted by molar-refractivity contribution is 8.04. The Morgan fingerprint density at radius 3 is 1.36 bits per heavy atom. The molecule has 0 aliphatic rings. The summed E-state index contributed by atoms with van der Waals surface area (Å²) in [6.45, 7) is -1.21. The van der Waals surface area contributed by atoms with Crippen LogP contribution < -0.4 is 0 Å². The highest BCUT2D eigenvalue weighted by Gasteiger charge is 2.42. The molecule has 0 fully saturated rings. The highest BCUT2D eigenvalue weighted by atomic mass is 32.3. The van der Waals surface area contributed by atoms with Crippen molar-refractivity contribution < 1.29 is 21.2 Å². The third kappa shape index (κ3) is 3.84. The maximum atomic E-state index is 14.1. The topological polar surface area (TPSA) is 71.5 Å². The minimum Gasteiger partial charge on any atom is -0.249 e. The van der Waals surface area contributed by atoms with Gasteiger partial charge in [0.05, 0.1) is 15.8 Å². The van der Waals surface area contributed by atoms with Crippen LogP contribution in [0.15, 0.2) is 101 Å². The molecule has 5 nitrogen and oxygen atoms in total. The molecule has 0 aliphatic carbocycles. The highest BCUT2D eigenvalue weighted by Crippen LogP contribution is 2.34. The van der Waals surface area contributed by atoms with Crippen LogP contribution >= 0.6 is 0 Å². The van der Waals surface area contributed by atoms with Crippen molar-refractivity contribution in [3.8, 4) is 0 Å². The number of benzene rings is 3. The summed E-state index contributed by atoms with van der Waals surface area (Å²) in [6.07, 6.45) is 0. The van der Waals surface area contributed by atoms with Gasteiger partial charge in [0.2, 0.25) is 0 Å². The fraction of sp³-hybridized carbons (Fsp3) is 0.100. The fourth-order valence-corrected chi connectivity index (χ4v) is 6.79. The summed E-state index contributed by atoms with van der Waals surface area (Å²) >= 11 is 0. The SMILES string of the molecule is O=S(=O)(c1ccccc1)N(C(CF)c1ccccc1)S(=O)(=O)c1ccccc1. The zero-order chi connectivity index (χ0) is 20.2. The van der Waals surface area contributed by atoms with Gasteiger partial charge in [-0.1, -0.05) is 70.4 Å². The molecule has 3 rings (SSSR count). The second kappa shape index (κ2) is 8.22. The zero-order valence-electron chi connectivity index (χ0n) is 14.7. The molecule has 0 radical (unpaired) electrons. The quantitative estimate of drug-likeness (QED) is 0.584. The van der Waals surface area contributed by atoms with Gasteiger partial charge in [-0.15, -0.1) is 0 Å². The smallest absolute Gasteiger partial charge is 0.249 e. The van der Waals surface area contributed by atoms with E-state index in [-0.39, 0.29) is 19.1 Å². The maximum absolute atomic E-state index is 14.1. The molecule has 0 spiro atoms. The van der Waals surface area contributed by atoms with Crippen molar-refractivity contribution in [2.75, 3.05) is 6.67 Å². The molecule has 0 saturated heterocycles. The van der Waals surface area contributed by atoms with Gasteiger partial charge < -0.3 is 0 Å². The van der Waals surface area contributed by atoms with E-state index in [2.05, 4.69) is 0 Å². The fourth-order valence-electron chi connectivity index (χ4n) is 2.80. The predicted molar refractivity (Wildman–Crippen MR) is 104 cm³/mol. The van der Waals surface area contributed by atoms with Crippen LogP contribution in [0.2, 0.25) is 0 Å². The van der Waals surface area contributed by atoms with Crippen LogP contribution in [0.1, 0.15) is 11.6 Å². The van der Waals surface area contributed by atoms with Crippen LogP contribution in [0.25, 0.3) is 0 Å². The van der Waals surface area contributed by atoms with Gasteiger partial charge in [0, 0.05) is 0 Å². The third-order valence-electron chi connectivity index (χ3n) is 4.14. The lowest BCUT2D eigenvalue weighted by Crippen LogP contribution is -2.40. The Labute approximate surface area is 164 Å². The van der Waals surface area contributed by atoms with Crippen LogP contribution in [-0.4, -0.2) is 27.2 Å². The van der Waals surface area contributed by atoms with E-state index in [1.54, 1.807) is 30.3 Å². The summed E-state index contributed by atoms with van der Waals surface area (Å²) in [5.41, 5.74) is 0.240. The lowest BCUT2D eigenvalue weighted by atomic mass is 10.1. The standard InChI is InChI=1S/C20H18FNO4S2/c21-16-20(17-10-4-1-5-11-17)22(27(23,24)18-12-6-2-7-13-18)28(25,26)19-14-8-3-9-15-19/h1-15,20H,16H2. The van der Waals surface area contributed by atoms with Crippen LogP contribution in [0.4, 0.5) is 4.39 Å². The van der Waals surface area contributed by atoms with Crippen LogP contribution in [-0.2, 0) is 20.0 Å². The number of halogens is 1. The Morgan fingerprint density at radius 1 is 0.643 bits per heavy atom. The van der Waals surface area contributed by atoms with Crippen molar-refractivity contribution in [3.05, 3.63) is 96.6 Å². The van der Waals surface area contributed by atoms with Crippen LogP contribution in [0.3, 0.4) is 0 Å². The van der Waals surface area contributed by atoms with Crippen molar-refractivity contribution >= 4 is 20.0 Å². The van der Waals surface area contributed by atoms with Crippen molar-refractivity contribution in [1.82, 2.24) is 3.71 Å². The Bertz CT molecular complexity index is 1050. The van der Waals surface area contributed by atoms with E-state index in [4.69, 9.17) is 0 Å². The Kier molecular flexibility index (Phi) is 5.93. The summed E-state index contributed by atoms with van der Waals surface area (Å²) in [5, 5.41) is 0. The molecule has 8 heteroatoms. The van der Waals surface area contributed by atoms with Crippen LogP contribution in [0, 0.1) is 0 Å². The largest absolute Gasteiger partial charge is 0.257 e. The van der Waals surface area contributed by atoms with Crippen molar-refractivity contribution in [2.24, 2.45) is 0 Å². The van der Waals surface area contributed by atoms with Gasteiger partial charge in [-0.05, 0) is 29.8 Å². The number of hydrogen-bond donors (Lipinski definition) is 0. The second-order valence-electron chi connectivity index (χ2n) is 5.94. The first-order chi connectivity index (χ1) is 13.4. The molecule has 0 heterocycles. The first-order valence-electron chi connectivity index (χ1n) is 8.39. The van der Waals surface area contributed by atoms with E-state index < -0.39 is 32.8 Å². The van der Waals surface area contributed by atoms with E-state index in [0.717, 1.165) is 0 Å². The Balaban J connectivity index is 2.26. The van der Waals surface area contributed by atoms with Gasteiger partial charge in [-0.2, -0.15) is 0 Å². The third-order valence-corrected chi connectivity index (χ3v) is 8.51. The van der Waals surface area contributed by atoms with Gasteiger partial charge in [0.15, 0.2) is 0 Å². The number of alkyl halides is 1. The summed E-state index contributed by atoms with van der Waals surface area (Å²) in [6, 6.07) is 20.6. The van der Waals surface area contributed by atoms with Gasteiger partial charge in [-0.25, -0.2) is 21.2 Å². The summed E-state index contributed by atoms with van der Waals surface area (Å²) in [5.74, 6) is 0. The Morgan fingerprint density at radius 2 is 1.00 bits per heavy atom. The number of sulfonamides is 2. The minimum atomic E-state index is -4.56. The first kappa shape index (κ1) is 20.2. The molecule has 1 atom stereocenters. The van der Waals surface area contributed by atoms with Crippen molar-refractivity contribution in [1.29, 1.82) is 0 Å². The molecule has 1 unspecified atom stereocenters. The first-order valence-corrected chi connectivity index (χ1v) is 11.3.